The van der Waals surface area contributed by atoms with Gasteiger partial charge in [0, 0.05) is 10.9 Å². The standard InChI is InChI=1S/C25H20FN3O3/c1-16-12-13-21-19(14-16)23(17-8-4-3-5-9-17)28-25(27-21)29(15-22(30)32-2)24(31)18-10-6-7-11-20(18)26/h3-14H,15H2,1-2H3. The number of halogens is 1. The van der Waals surface area contributed by atoms with Crippen molar-refractivity contribution in [2.45, 2.75) is 6.92 Å². The van der Waals surface area contributed by atoms with Crippen LogP contribution in [0.15, 0.2) is 72.8 Å². The van der Waals surface area contributed by atoms with Gasteiger partial charge in [0.1, 0.15) is 12.4 Å². The second-order valence-corrected chi connectivity index (χ2v) is 7.21. The molecule has 6 nitrogen and oxygen atoms in total. The van der Waals surface area contributed by atoms with Crippen molar-refractivity contribution in [2.75, 3.05) is 18.6 Å². The molecule has 0 N–H and O–H groups in total. The van der Waals surface area contributed by atoms with Gasteiger partial charge in [-0.2, -0.15) is 0 Å². The third-order valence-corrected chi connectivity index (χ3v) is 4.99. The number of anilines is 1. The highest BCUT2D eigenvalue weighted by atomic mass is 19.1. The number of benzene rings is 3. The van der Waals surface area contributed by atoms with Gasteiger partial charge in [-0.15, -0.1) is 0 Å². The summed E-state index contributed by atoms with van der Waals surface area (Å²) < 4.78 is 19.1. The first-order chi connectivity index (χ1) is 15.5. The fraction of sp³-hybridized carbons (Fsp3) is 0.120. The molecule has 1 aromatic heterocycles. The lowest BCUT2D eigenvalue weighted by atomic mass is 10.0. The summed E-state index contributed by atoms with van der Waals surface area (Å²) >= 11 is 0. The van der Waals surface area contributed by atoms with E-state index in [0.717, 1.165) is 21.4 Å². The number of fused-ring (bicyclic) bond motifs is 1. The van der Waals surface area contributed by atoms with E-state index >= 15 is 0 Å². The minimum atomic E-state index is -0.737. The van der Waals surface area contributed by atoms with E-state index in [2.05, 4.69) is 9.97 Å². The predicted octanol–water partition coefficient (Wildman–Crippen LogP) is 4.56. The normalized spacial score (nSPS) is 10.7. The quantitative estimate of drug-likeness (QED) is 0.435. The molecule has 32 heavy (non-hydrogen) atoms. The SMILES string of the molecule is COC(=O)CN(C(=O)c1ccccc1F)c1nc(-c2ccccc2)c2cc(C)ccc2n1. The Balaban J connectivity index is 1.93. The number of aryl methyl sites for hydroxylation is 1. The largest absolute Gasteiger partial charge is 0.468 e. The molecule has 0 unspecified atom stereocenters. The molecule has 0 aliphatic rings. The minimum Gasteiger partial charge on any atom is -0.468 e. The summed E-state index contributed by atoms with van der Waals surface area (Å²) in [4.78, 5) is 35.6. The van der Waals surface area contributed by atoms with Gasteiger partial charge >= 0.3 is 5.97 Å². The van der Waals surface area contributed by atoms with Gasteiger partial charge in [0.05, 0.1) is 23.9 Å². The zero-order valence-electron chi connectivity index (χ0n) is 17.6. The molecule has 0 aliphatic carbocycles. The first-order valence-electron chi connectivity index (χ1n) is 9.95. The molecule has 0 radical (unpaired) electrons. The van der Waals surface area contributed by atoms with Gasteiger partial charge in [0.25, 0.3) is 5.91 Å². The Morgan fingerprint density at radius 1 is 0.969 bits per heavy atom. The van der Waals surface area contributed by atoms with E-state index < -0.39 is 24.2 Å². The van der Waals surface area contributed by atoms with Crippen molar-refractivity contribution in [3.63, 3.8) is 0 Å². The van der Waals surface area contributed by atoms with Crippen molar-refractivity contribution in [3.8, 4) is 11.3 Å². The molecular formula is C25H20FN3O3. The number of carbonyl (C=O) groups excluding carboxylic acids is 2. The highest BCUT2D eigenvalue weighted by molar-refractivity contribution is 6.08. The third-order valence-electron chi connectivity index (χ3n) is 4.99. The molecule has 160 valence electrons. The van der Waals surface area contributed by atoms with Gasteiger partial charge in [-0.1, -0.05) is 54.1 Å². The smallest absolute Gasteiger partial charge is 0.325 e. The Morgan fingerprint density at radius 3 is 2.41 bits per heavy atom. The van der Waals surface area contributed by atoms with Crippen molar-refractivity contribution in [3.05, 3.63) is 89.7 Å². The topological polar surface area (TPSA) is 72.4 Å². The molecule has 0 spiro atoms. The summed E-state index contributed by atoms with van der Waals surface area (Å²) in [6.07, 6.45) is 0. The first kappa shape index (κ1) is 21.1. The average molecular weight is 429 g/mol. The molecule has 0 fully saturated rings. The second kappa shape index (κ2) is 8.93. The fourth-order valence-electron chi connectivity index (χ4n) is 3.37. The lowest BCUT2D eigenvalue weighted by Gasteiger charge is -2.21. The van der Waals surface area contributed by atoms with Crippen molar-refractivity contribution in [1.29, 1.82) is 0 Å². The lowest BCUT2D eigenvalue weighted by Crippen LogP contribution is -2.38. The molecule has 1 amide bonds. The number of hydrogen-bond donors (Lipinski definition) is 0. The van der Waals surface area contributed by atoms with Crippen LogP contribution in [0.5, 0.6) is 0 Å². The maximum atomic E-state index is 14.4. The Morgan fingerprint density at radius 2 is 1.69 bits per heavy atom. The number of rotatable bonds is 5. The van der Waals surface area contributed by atoms with Gasteiger partial charge in [0.2, 0.25) is 5.95 Å². The molecule has 0 aliphatic heterocycles. The molecule has 0 saturated heterocycles. The van der Waals surface area contributed by atoms with E-state index in [1.165, 1.54) is 25.3 Å². The highest BCUT2D eigenvalue weighted by Crippen LogP contribution is 2.29. The van der Waals surface area contributed by atoms with Crippen molar-refractivity contribution in [1.82, 2.24) is 9.97 Å². The van der Waals surface area contributed by atoms with E-state index in [1.807, 2.05) is 55.5 Å². The van der Waals surface area contributed by atoms with Crippen LogP contribution in [0.1, 0.15) is 15.9 Å². The Hall–Kier alpha value is -4.13. The van der Waals surface area contributed by atoms with Crippen molar-refractivity contribution >= 4 is 28.7 Å². The summed E-state index contributed by atoms with van der Waals surface area (Å²) in [5, 5.41) is 0.802. The molecule has 7 heteroatoms. The Kier molecular flexibility index (Phi) is 5.89. The monoisotopic (exact) mass is 429 g/mol. The average Bonchev–Trinajstić information content (AvgIpc) is 2.82. The van der Waals surface area contributed by atoms with Gasteiger partial charge in [-0.3, -0.25) is 14.5 Å². The molecular weight excluding hydrogens is 409 g/mol. The molecule has 0 saturated carbocycles. The van der Waals surface area contributed by atoms with Gasteiger partial charge in [-0.25, -0.2) is 14.4 Å². The number of aromatic nitrogens is 2. The van der Waals surface area contributed by atoms with E-state index in [0.29, 0.717) is 11.2 Å². The minimum absolute atomic E-state index is 0.0149. The van der Waals surface area contributed by atoms with Crippen LogP contribution in [0.2, 0.25) is 0 Å². The van der Waals surface area contributed by atoms with Crippen LogP contribution >= 0.6 is 0 Å². The summed E-state index contributed by atoms with van der Waals surface area (Å²) in [6, 6.07) is 20.7. The molecule has 3 aromatic carbocycles. The number of ether oxygens (including phenoxy) is 1. The number of methoxy groups -OCH3 is 1. The van der Waals surface area contributed by atoms with E-state index in [-0.39, 0.29) is 11.5 Å². The van der Waals surface area contributed by atoms with Crippen LogP contribution in [-0.2, 0) is 9.53 Å². The summed E-state index contributed by atoms with van der Waals surface area (Å²) in [6.45, 7) is 1.50. The third kappa shape index (κ3) is 4.18. The highest BCUT2D eigenvalue weighted by Gasteiger charge is 2.27. The number of amides is 1. The van der Waals surface area contributed by atoms with Crippen LogP contribution < -0.4 is 4.90 Å². The maximum absolute atomic E-state index is 14.4. The van der Waals surface area contributed by atoms with Gasteiger partial charge < -0.3 is 4.74 Å². The summed E-state index contributed by atoms with van der Waals surface area (Å²) in [7, 11) is 1.22. The van der Waals surface area contributed by atoms with E-state index in [9.17, 15) is 14.0 Å². The molecule has 0 bridgehead atoms. The predicted molar refractivity (Wildman–Crippen MR) is 120 cm³/mol. The Bertz CT molecular complexity index is 1310. The molecule has 0 atom stereocenters. The molecule has 4 rings (SSSR count). The van der Waals surface area contributed by atoms with Crippen LogP contribution in [0, 0.1) is 12.7 Å². The van der Waals surface area contributed by atoms with E-state index in [1.54, 1.807) is 6.07 Å². The molecule has 1 heterocycles. The number of nitrogens with zero attached hydrogens (tertiary/aromatic N) is 3. The molecule has 4 aromatic rings. The second-order valence-electron chi connectivity index (χ2n) is 7.21. The lowest BCUT2D eigenvalue weighted by molar-refractivity contribution is -0.138. The summed E-state index contributed by atoms with van der Waals surface area (Å²) in [5.41, 5.74) is 2.86. The van der Waals surface area contributed by atoms with Crippen LogP contribution in [-0.4, -0.2) is 35.5 Å². The van der Waals surface area contributed by atoms with E-state index in [4.69, 9.17) is 4.74 Å². The Labute approximate surface area is 184 Å². The van der Waals surface area contributed by atoms with Crippen LogP contribution in [0.3, 0.4) is 0 Å². The fourth-order valence-corrected chi connectivity index (χ4v) is 3.37. The van der Waals surface area contributed by atoms with Gasteiger partial charge in [0.15, 0.2) is 0 Å². The van der Waals surface area contributed by atoms with Crippen molar-refractivity contribution < 1.29 is 18.7 Å². The zero-order chi connectivity index (χ0) is 22.7. The summed E-state index contributed by atoms with van der Waals surface area (Å²) in [5.74, 6) is -2.13. The van der Waals surface area contributed by atoms with Gasteiger partial charge in [-0.05, 0) is 31.2 Å². The number of hydrogen-bond acceptors (Lipinski definition) is 5. The van der Waals surface area contributed by atoms with Crippen molar-refractivity contribution in [2.24, 2.45) is 0 Å². The first-order valence-corrected chi connectivity index (χ1v) is 9.95. The van der Waals surface area contributed by atoms with Crippen LogP contribution in [0.4, 0.5) is 10.3 Å². The number of carbonyl (C=O) groups is 2. The van der Waals surface area contributed by atoms with Crippen LogP contribution in [0.25, 0.3) is 22.2 Å². The zero-order valence-corrected chi connectivity index (χ0v) is 17.6. The number of esters is 1. The maximum Gasteiger partial charge on any atom is 0.325 e.